The number of aliphatic hydroxyl groups is 1. The lowest BCUT2D eigenvalue weighted by molar-refractivity contribution is 0.0615. The summed E-state index contributed by atoms with van der Waals surface area (Å²) in [6.45, 7) is 2.90. The topological polar surface area (TPSA) is 80.4 Å². The van der Waals surface area contributed by atoms with Gasteiger partial charge in [0.1, 0.15) is 5.82 Å². The van der Waals surface area contributed by atoms with Gasteiger partial charge in [0.25, 0.3) is 0 Å². The first-order valence-corrected chi connectivity index (χ1v) is 5.26. The number of anilines is 2. The fraction of sp³-hybridized carbons (Fsp3) is 0.545. The van der Waals surface area contributed by atoms with Crippen LogP contribution >= 0.6 is 0 Å². The molecule has 0 saturated heterocycles. The van der Waals surface area contributed by atoms with Crippen molar-refractivity contribution in [2.24, 2.45) is 0 Å². The van der Waals surface area contributed by atoms with E-state index in [1.807, 2.05) is 6.92 Å². The molecular formula is C11H19N3O2. The highest BCUT2D eigenvalue weighted by Crippen LogP contribution is 2.13. The number of methoxy groups -OCH3 is 1. The van der Waals surface area contributed by atoms with Crippen LogP contribution in [0.4, 0.5) is 11.5 Å². The molecule has 4 N–H and O–H groups in total. The lowest BCUT2D eigenvalue weighted by Gasteiger charge is -2.11. The Kier molecular flexibility index (Phi) is 5.01. The molecule has 5 nitrogen and oxygen atoms in total. The zero-order valence-corrected chi connectivity index (χ0v) is 9.73. The molecule has 0 fully saturated rings. The van der Waals surface area contributed by atoms with Crippen LogP contribution in [0.2, 0.25) is 0 Å². The molecule has 16 heavy (non-hydrogen) atoms. The first-order chi connectivity index (χ1) is 7.63. The first-order valence-electron chi connectivity index (χ1n) is 5.26. The van der Waals surface area contributed by atoms with Crippen molar-refractivity contribution in [3.63, 3.8) is 0 Å². The third-order valence-electron chi connectivity index (χ3n) is 2.29. The van der Waals surface area contributed by atoms with Crippen molar-refractivity contribution in [1.29, 1.82) is 0 Å². The van der Waals surface area contributed by atoms with E-state index in [0.29, 0.717) is 19.6 Å². The quantitative estimate of drug-likeness (QED) is 0.666. The summed E-state index contributed by atoms with van der Waals surface area (Å²) in [5.74, 6) is 0.729. The molecule has 1 aromatic rings. The summed E-state index contributed by atoms with van der Waals surface area (Å²) in [5, 5.41) is 12.5. The molecule has 5 heteroatoms. The molecule has 1 aromatic heterocycles. The van der Waals surface area contributed by atoms with Crippen LogP contribution in [0.5, 0.6) is 0 Å². The van der Waals surface area contributed by atoms with Crippen molar-refractivity contribution in [3.8, 4) is 0 Å². The van der Waals surface area contributed by atoms with Crippen LogP contribution in [0, 0.1) is 6.92 Å². The van der Waals surface area contributed by atoms with Gasteiger partial charge in [-0.25, -0.2) is 4.98 Å². The smallest absolute Gasteiger partial charge is 0.127 e. The van der Waals surface area contributed by atoms with Crippen LogP contribution < -0.4 is 11.1 Å². The number of nitrogen functional groups attached to an aromatic ring is 1. The number of nitrogens with two attached hydrogens (primary N) is 1. The third kappa shape index (κ3) is 4.04. The second-order valence-electron chi connectivity index (χ2n) is 3.75. The minimum Gasteiger partial charge on any atom is -0.398 e. The molecular weight excluding hydrogens is 206 g/mol. The normalized spacial score (nSPS) is 12.4. The first kappa shape index (κ1) is 12.7. The van der Waals surface area contributed by atoms with Gasteiger partial charge in [-0.2, -0.15) is 0 Å². The average Bonchev–Trinajstić information content (AvgIpc) is 2.24. The molecule has 0 aliphatic carbocycles. The standard InChI is InChI=1S/C11H19N3O2/c1-8-6-14-11(5-10(8)12)13-4-3-9(15)7-16-2/h5-6,9,15H,3-4,7H2,1-2H3,(H3,12,13,14). The van der Waals surface area contributed by atoms with Gasteiger partial charge in [0.2, 0.25) is 0 Å². The zero-order chi connectivity index (χ0) is 12.0. The Morgan fingerprint density at radius 1 is 1.62 bits per heavy atom. The van der Waals surface area contributed by atoms with Crippen LogP contribution in [-0.2, 0) is 4.74 Å². The Balaban J connectivity index is 2.34. The second-order valence-corrected chi connectivity index (χ2v) is 3.75. The van der Waals surface area contributed by atoms with Crippen molar-refractivity contribution >= 4 is 11.5 Å². The van der Waals surface area contributed by atoms with E-state index in [-0.39, 0.29) is 0 Å². The van der Waals surface area contributed by atoms with Crippen molar-refractivity contribution in [2.45, 2.75) is 19.4 Å². The molecule has 0 amide bonds. The van der Waals surface area contributed by atoms with Crippen LogP contribution in [0.15, 0.2) is 12.3 Å². The van der Waals surface area contributed by atoms with E-state index >= 15 is 0 Å². The molecule has 0 radical (unpaired) electrons. The largest absolute Gasteiger partial charge is 0.398 e. The van der Waals surface area contributed by atoms with Gasteiger partial charge in [-0.15, -0.1) is 0 Å². The van der Waals surface area contributed by atoms with Gasteiger partial charge in [0.15, 0.2) is 0 Å². The van der Waals surface area contributed by atoms with Gasteiger partial charge in [0.05, 0.1) is 12.7 Å². The highest BCUT2D eigenvalue weighted by atomic mass is 16.5. The predicted molar refractivity (Wildman–Crippen MR) is 64.4 cm³/mol. The van der Waals surface area contributed by atoms with E-state index < -0.39 is 6.10 Å². The lowest BCUT2D eigenvalue weighted by atomic mass is 10.2. The number of nitrogens with one attached hydrogen (secondary N) is 1. The van der Waals surface area contributed by atoms with Crippen molar-refractivity contribution in [2.75, 3.05) is 31.3 Å². The Bertz CT molecular complexity index is 331. The van der Waals surface area contributed by atoms with E-state index in [2.05, 4.69) is 10.3 Å². The summed E-state index contributed by atoms with van der Waals surface area (Å²) in [5.41, 5.74) is 7.43. The summed E-state index contributed by atoms with van der Waals surface area (Å²) in [6.07, 6.45) is 1.90. The highest BCUT2D eigenvalue weighted by molar-refractivity contribution is 5.53. The number of aromatic nitrogens is 1. The molecule has 0 aromatic carbocycles. The maximum atomic E-state index is 9.42. The number of rotatable bonds is 6. The summed E-state index contributed by atoms with van der Waals surface area (Å²) in [7, 11) is 1.57. The summed E-state index contributed by atoms with van der Waals surface area (Å²) < 4.78 is 4.83. The third-order valence-corrected chi connectivity index (χ3v) is 2.29. The number of pyridine rings is 1. The number of aryl methyl sites for hydroxylation is 1. The number of ether oxygens (including phenoxy) is 1. The van der Waals surface area contributed by atoms with Gasteiger partial charge < -0.3 is 20.9 Å². The molecule has 0 aliphatic rings. The highest BCUT2D eigenvalue weighted by Gasteiger charge is 2.03. The van der Waals surface area contributed by atoms with Crippen LogP contribution in [-0.4, -0.2) is 36.5 Å². The number of hydrogen-bond donors (Lipinski definition) is 3. The van der Waals surface area contributed by atoms with E-state index in [9.17, 15) is 5.11 Å². The van der Waals surface area contributed by atoms with E-state index in [1.54, 1.807) is 19.4 Å². The molecule has 1 unspecified atom stereocenters. The molecule has 1 heterocycles. The summed E-state index contributed by atoms with van der Waals surface area (Å²) >= 11 is 0. The Morgan fingerprint density at radius 2 is 2.38 bits per heavy atom. The zero-order valence-electron chi connectivity index (χ0n) is 9.73. The molecule has 1 rings (SSSR count). The maximum Gasteiger partial charge on any atom is 0.127 e. The lowest BCUT2D eigenvalue weighted by Crippen LogP contribution is -2.18. The minimum atomic E-state index is -0.444. The molecule has 1 atom stereocenters. The number of aliphatic hydroxyl groups excluding tert-OH is 1. The van der Waals surface area contributed by atoms with Gasteiger partial charge >= 0.3 is 0 Å². The molecule has 90 valence electrons. The average molecular weight is 225 g/mol. The van der Waals surface area contributed by atoms with E-state index in [4.69, 9.17) is 10.5 Å². The molecule has 0 aliphatic heterocycles. The van der Waals surface area contributed by atoms with Gasteiger partial charge in [-0.1, -0.05) is 0 Å². The van der Waals surface area contributed by atoms with Gasteiger partial charge in [-0.05, 0) is 18.9 Å². The molecule has 0 bridgehead atoms. The van der Waals surface area contributed by atoms with Gasteiger partial charge in [-0.3, -0.25) is 0 Å². The maximum absolute atomic E-state index is 9.42. The molecule has 0 spiro atoms. The van der Waals surface area contributed by atoms with Crippen LogP contribution in [0.3, 0.4) is 0 Å². The van der Waals surface area contributed by atoms with Gasteiger partial charge in [0, 0.05) is 31.6 Å². The summed E-state index contributed by atoms with van der Waals surface area (Å²) in [6, 6.07) is 1.79. The SMILES string of the molecule is COCC(O)CCNc1cc(N)c(C)cn1. The summed E-state index contributed by atoms with van der Waals surface area (Å²) in [4.78, 5) is 4.18. The fourth-order valence-corrected chi connectivity index (χ4v) is 1.28. The van der Waals surface area contributed by atoms with Crippen molar-refractivity contribution < 1.29 is 9.84 Å². The second kappa shape index (κ2) is 6.30. The number of hydrogen-bond acceptors (Lipinski definition) is 5. The fourth-order valence-electron chi connectivity index (χ4n) is 1.28. The van der Waals surface area contributed by atoms with Crippen LogP contribution in [0.1, 0.15) is 12.0 Å². The van der Waals surface area contributed by atoms with E-state index in [0.717, 1.165) is 17.1 Å². The van der Waals surface area contributed by atoms with Crippen molar-refractivity contribution in [3.05, 3.63) is 17.8 Å². The number of nitrogens with zero attached hydrogens (tertiary/aromatic N) is 1. The Morgan fingerprint density at radius 3 is 3.00 bits per heavy atom. The van der Waals surface area contributed by atoms with Crippen LogP contribution in [0.25, 0.3) is 0 Å². The molecule has 0 saturated carbocycles. The predicted octanol–water partition coefficient (Wildman–Crippen LogP) is 0.782. The van der Waals surface area contributed by atoms with E-state index in [1.165, 1.54) is 0 Å². The monoisotopic (exact) mass is 225 g/mol. The van der Waals surface area contributed by atoms with Crippen molar-refractivity contribution in [1.82, 2.24) is 4.98 Å². The Labute approximate surface area is 95.6 Å². The minimum absolute atomic E-state index is 0.352. The Hall–Kier alpha value is -1.33.